The van der Waals surface area contributed by atoms with Gasteiger partial charge in [-0.15, -0.1) is 0 Å². The van der Waals surface area contributed by atoms with Crippen molar-refractivity contribution >= 4 is 28.9 Å². The Morgan fingerprint density at radius 2 is 1.65 bits per heavy atom. The van der Waals surface area contributed by atoms with Crippen LogP contribution < -0.4 is 5.32 Å². The molecule has 0 spiro atoms. The van der Waals surface area contributed by atoms with Gasteiger partial charge in [-0.3, -0.25) is 0 Å². The van der Waals surface area contributed by atoms with Gasteiger partial charge in [0.25, 0.3) is 0 Å². The van der Waals surface area contributed by atoms with Gasteiger partial charge in [0.15, 0.2) is 5.79 Å². The molecule has 1 N–H and O–H groups in total. The zero-order valence-electron chi connectivity index (χ0n) is 9.80. The molecule has 1 aliphatic rings. The van der Waals surface area contributed by atoms with Gasteiger partial charge in [0.2, 0.25) is 0 Å². The first-order valence-corrected chi connectivity index (χ1v) is 6.21. The molecule has 0 amide bonds. The third kappa shape index (κ3) is 3.75. The van der Waals surface area contributed by atoms with E-state index in [1.54, 1.807) is 6.07 Å². The molecule has 0 bridgehead atoms. The molecule has 1 heterocycles. The fourth-order valence-electron chi connectivity index (χ4n) is 1.65. The van der Waals surface area contributed by atoms with Gasteiger partial charge < -0.3 is 14.8 Å². The van der Waals surface area contributed by atoms with Crippen LogP contribution in [0.15, 0.2) is 18.2 Å². The minimum absolute atomic E-state index is 0.109. The van der Waals surface area contributed by atoms with Gasteiger partial charge in [0.05, 0.1) is 19.3 Å². The van der Waals surface area contributed by atoms with Gasteiger partial charge in [-0.25, -0.2) is 0 Å². The molecular weight excluding hydrogens is 261 g/mol. The average Bonchev–Trinajstić information content (AvgIpc) is 2.20. The lowest BCUT2D eigenvalue weighted by Gasteiger charge is -2.35. The first kappa shape index (κ1) is 13.0. The van der Waals surface area contributed by atoms with Crippen LogP contribution >= 0.6 is 23.2 Å². The van der Waals surface area contributed by atoms with Crippen molar-refractivity contribution < 1.29 is 9.47 Å². The third-order valence-corrected chi connectivity index (χ3v) is 2.93. The number of ether oxygens (including phenoxy) is 2. The second-order valence-electron chi connectivity index (χ2n) is 4.52. The van der Waals surface area contributed by atoms with Crippen molar-refractivity contribution in [1.82, 2.24) is 0 Å². The number of benzene rings is 1. The summed E-state index contributed by atoms with van der Waals surface area (Å²) in [7, 11) is 0. The van der Waals surface area contributed by atoms with Crippen LogP contribution in [0.5, 0.6) is 0 Å². The van der Waals surface area contributed by atoms with E-state index < -0.39 is 5.79 Å². The van der Waals surface area contributed by atoms with Crippen LogP contribution in [0.3, 0.4) is 0 Å². The van der Waals surface area contributed by atoms with E-state index in [-0.39, 0.29) is 6.04 Å². The maximum atomic E-state index is 5.93. The SMILES string of the molecule is CC1(C)OCC(Nc2cc(Cl)cc(Cl)c2)CO1. The Morgan fingerprint density at radius 3 is 2.18 bits per heavy atom. The van der Waals surface area contributed by atoms with Crippen molar-refractivity contribution in [2.24, 2.45) is 0 Å². The Balaban J connectivity index is 1.97. The molecule has 1 aromatic rings. The minimum atomic E-state index is -0.496. The zero-order chi connectivity index (χ0) is 12.5. The highest BCUT2D eigenvalue weighted by molar-refractivity contribution is 6.35. The normalized spacial score (nSPS) is 20.2. The van der Waals surface area contributed by atoms with E-state index in [2.05, 4.69) is 5.32 Å². The molecule has 0 atom stereocenters. The first-order chi connectivity index (χ1) is 7.94. The van der Waals surface area contributed by atoms with Crippen LogP contribution in [0.4, 0.5) is 5.69 Å². The molecule has 1 aliphatic heterocycles. The summed E-state index contributed by atoms with van der Waals surface area (Å²) in [5.74, 6) is -0.496. The summed E-state index contributed by atoms with van der Waals surface area (Å²) in [5, 5.41) is 4.50. The number of hydrogen-bond donors (Lipinski definition) is 1. The van der Waals surface area contributed by atoms with Crippen LogP contribution in [0.2, 0.25) is 10.0 Å². The van der Waals surface area contributed by atoms with Crippen molar-refractivity contribution in [2.75, 3.05) is 18.5 Å². The van der Waals surface area contributed by atoms with E-state index >= 15 is 0 Å². The van der Waals surface area contributed by atoms with E-state index in [1.807, 2.05) is 26.0 Å². The van der Waals surface area contributed by atoms with Crippen molar-refractivity contribution in [3.05, 3.63) is 28.2 Å². The Morgan fingerprint density at radius 1 is 1.12 bits per heavy atom. The summed E-state index contributed by atoms with van der Waals surface area (Å²) >= 11 is 11.9. The Hall–Kier alpha value is -0.480. The Labute approximate surface area is 111 Å². The number of rotatable bonds is 2. The molecule has 3 nitrogen and oxygen atoms in total. The van der Waals surface area contributed by atoms with E-state index in [4.69, 9.17) is 32.7 Å². The zero-order valence-corrected chi connectivity index (χ0v) is 11.3. The molecular formula is C12H15Cl2NO2. The smallest absolute Gasteiger partial charge is 0.162 e. The summed E-state index contributed by atoms with van der Waals surface area (Å²) in [6.45, 7) is 4.99. The average molecular weight is 276 g/mol. The van der Waals surface area contributed by atoms with Gasteiger partial charge in [-0.2, -0.15) is 0 Å². The van der Waals surface area contributed by atoms with Crippen LogP contribution in [0.25, 0.3) is 0 Å². The number of hydrogen-bond acceptors (Lipinski definition) is 3. The molecule has 0 saturated carbocycles. The molecule has 0 aliphatic carbocycles. The fraction of sp³-hybridized carbons (Fsp3) is 0.500. The lowest BCUT2D eigenvalue weighted by Crippen LogP contribution is -2.45. The maximum absolute atomic E-state index is 5.93. The van der Waals surface area contributed by atoms with Gasteiger partial charge >= 0.3 is 0 Å². The highest BCUT2D eigenvalue weighted by Gasteiger charge is 2.28. The standard InChI is InChI=1S/C12H15Cl2NO2/c1-12(2)16-6-11(7-17-12)15-10-4-8(13)3-9(14)5-10/h3-5,11,15H,6-7H2,1-2H3. The second-order valence-corrected chi connectivity index (χ2v) is 5.39. The van der Waals surface area contributed by atoms with E-state index in [9.17, 15) is 0 Å². The summed E-state index contributed by atoms with van der Waals surface area (Å²) < 4.78 is 11.1. The predicted octanol–water partition coefficient (Wildman–Crippen LogP) is 3.56. The monoisotopic (exact) mass is 275 g/mol. The molecule has 1 aromatic carbocycles. The van der Waals surface area contributed by atoms with Crippen LogP contribution in [-0.2, 0) is 9.47 Å². The quantitative estimate of drug-likeness (QED) is 0.896. The summed E-state index contributed by atoms with van der Waals surface area (Å²) in [6, 6.07) is 5.46. The number of anilines is 1. The van der Waals surface area contributed by atoms with E-state index in [0.717, 1.165) is 5.69 Å². The molecule has 5 heteroatoms. The molecule has 1 fully saturated rings. The highest BCUT2D eigenvalue weighted by Crippen LogP contribution is 2.24. The van der Waals surface area contributed by atoms with Crippen molar-refractivity contribution in [3.63, 3.8) is 0 Å². The molecule has 94 valence electrons. The minimum Gasteiger partial charge on any atom is -0.378 e. The molecule has 1 saturated heterocycles. The fourth-order valence-corrected chi connectivity index (χ4v) is 2.17. The van der Waals surface area contributed by atoms with E-state index in [1.165, 1.54) is 0 Å². The van der Waals surface area contributed by atoms with Crippen molar-refractivity contribution in [3.8, 4) is 0 Å². The Kier molecular flexibility index (Phi) is 3.83. The molecule has 0 aromatic heterocycles. The van der Waals surface area contributed by atoms with Crippen LogP contribution in [-0.4, -0.2) is 25.0 Å². The summed E-state index contributed by atoms with van der Waals surface area (Å²) in [4.78, 5) is 0. The number of halogens is 2. The van der Waals surface area contributed by atoms with Crippen LogP contribution in [0, 0.1) is 0 Å². The molecule has 0 unspecified atom stereocenters. The topological polar surface area (TPSA) is 30.5 Å². The first-order valence-electron chi connectivity index (χ1n) is 5.45. The molecule has 0 radical (unpaired) electrons. The molecule has 2 rings (SSSR count). The Bertz CT molecular complexity index is 379. The maximum Gasteiger partial charge on any atom is 0.162 e. The lowest BCUT2D eigenvalue weighted by molar-refractivity contribution is -0.247. The van der Waals surface area contributed by atoms with Gasteiger partial charge in [-0.1, -0.05) is 23.2 Å². The predicted molar refractivity (Wildman–Crippen MR) is 69.9 cm³/mol. The molecule has 17 heavy (non-hydrogen) atoms. The van der Waals surface area contributed by atoms with Gasteiger partial charge in [0, 0.05) is 15.7 Å². The highest BCUT2D eigenvalue weighted by atomic mass is 35.5. The van der Waals surface area contributed by atoms with Gasteiger partial charge in [-0.05, 0) is 32.0 Å². The van der Waals surface area contributed by atoms with Crippen molar-refractivity contribution in [2.45, 2.75) is 25.7 Å². The van der Waals surface area contributed by atoms with Crippen molar-refractivity contribution in [1.29, 1.82) is 0 Å². The lowest BCUT2D eigenvalue weighted by atomic mass is 10.2. The second kappa shape index (κ2) is 5.02. The summed E-state index contributed by atoms with van der Waals surface area (Å²) in [6.07, 6.45) is 0. The summed E-state index contributed by atoms with van der Waals surface area (Å²) in [5.41, 5.74) is 0.874. The van der Waals surface area contributed by atoms with Gasteiger partial charge in [0.1, 0.15) is 0 Å². The number of nitrogens with one attached hydrogen (secondary N) is 1. The largest absolute Gasteiger partial charge is 0.378 e. The van der Waals surface area contributed by atoms with Crippen LogP contribution in [0.1, 0.15) is 13.8 Å². The third-order valence-electron chi connectivity index (χ3n) is 2.50. The van der Waals surface area contributed by atoms with E-state index in [0.29, 0.717) is 23.3 Å².